The highest BCUT2D eigenvalue weighted by atomic mass is 16.5. The molecule has 0 spiro atoms. The fourth-order valence-electron chi connectivity index (χ4n) is 1.79. The van der Waals surface area contributed by atoms with Crippen LogP contribution in [0.4, 0.5) is 0 Å². The van der Waals surface area contributed by atoms with Gasteiger partial charge < -0.3 is 15.2 Å². The lowest BCUT2D eigenvalue weighted by Crippen LogP contribution is -1.98. The van der Waals surface area contributed by atoms with E-state index in [1.54, 1.807) is 14.2 Å². The van der Waals surface area contributed by atoms with E-state index < -0.39 is 0 Å². The molecule has 0 aromatic heterocycles. The molecule has 0 amide bonds. The van der Waals surface area contributed by atoms with Gasteiger partial charge in [-0.2, -0.15) is 0 Å². The van der Waals surface area contributed by atoms with Gasteiger partial charge in [0.15, 0.2) is 11.5 Å². The summed E-state index contributed by atoms with van der Waals surface area (Å²) in [6.45, 7) is 4.60. The van der Waals surface area contributed by atoms with Crippen molar-refractivity contribution in [1.82, 2.24) is 0 Å². The summed E-state index contributed by atoms with van der Waals surface area (Å²) in [6, 6.07) is 1.97. The Morgan fingerprint density at radius 3 is 2.44 bits per heavy atom. The van der Waals surface area contributed by atoms with Crippen molar-refractivity contribution in [2.75, 3.05) is 20.8 Å². The molecule has 2 N–H and O–H groups in total. The molecule has 0 unspecified atom stereocenters. The number of benzene rings is 1. The zero-order chi connectivity index (χ0) is 12.1. The summed E-state index contributed by atoms with van der Waals surface area (Å²) in [5.41, 5.74) is 8.83. The van der Waals surface area contributed by atoms with Gasteiger partial charge in [0.1, 0.15) is 0 Å². The lowest BCUT2D eigenvalue weighted by molar-refractivity contribution is 0.352. The molecule has 0 atom stereocenters. The molecule has 1 rings (SSSR count). The number of aryl methyl sites for hydroxylation is 1. The highest BCUT2D eigenvalue weighted by molar-refractivity contribution is 5.65. The molecule has 0 heterocycles. The van der Waals surface area contributed by atoms with Crippen LogP contribution in [0.2, 0.25) is 0 Å². The number of nitrogens with two attached hydrogens (primary N) is 1. The number of hydrogen-bond donors (Lipinski definition) is 1. The first-order valence-electron chi connectivity index (χ1n) is 5.24. The van der Waals surface area contributed by atoms with Gasteiger partial charge in [-0.05, 0) is 31.0 Å². The Labute approximate surface area is 96.9 Å². The molecule has 16 heavy (non-hydrogen) atoms. The van der Waals surface area contributed by atoms with E-state index in [-0.39, 0.29) is 0 Å². The Hall–Kier alpha value is -1.48. The molecule has 0 aliphatic rings. The Bertz CT molecular complexity index is 397. The molecular weight excluding hydrogens is 202 g/mol. The largest absolute Gasteiger partial charge is 0.493 e. The minimum atomic E-state index is 0.535. The van der Waals surface area contributed by atoms with E-state index in [1.165, 1.54) is 0 Å². The molecule has 0 aliphatic heterocycles. The summed E-state index contributed by atoms with van der Waals surface area (Å²) in [5.74, 6) is 1.55. The van der Waals surface area contributed by atoms with Gasteiger partial charge in [0.05, 0.1) is 14.2 Å². The molecule has 88 valence electrons. The van der Waals surface area contributed by atoms with E-state index in [0.717, 1.165) is 28.2 Å². The number of ether oxygens (including phenoxy) is 2. The summed E-state index contributed by atoms with van der Waals surface area (Å²) >= 11 is 0. The number of methoxy groups -OCH3 is 2. The quantitative estimate of drug-likeness (QED) is 0.848. The highest BCUT2D eigenvalue weighted by Gasteiger charge is 2.12. The summed E-state index contributed by atoms with van der Waals surface area (Å²) in [6.07, 6.45) is 3.95. The summed E-state index contributed by atoms with van der Waals surface area (Å²) in [5, 5.41) is 0. The van der Waals surface area contributed by atoms with Crippen LogP contribution >= 0.6 is 0 Å². The van der Waals surface area contributed by atoms with Crippen LogP contribution in [0, 0.1) is 13.8 Å². The molecule has 3 nitrogen and oxygen atoms in total. The monoisotopic (exact) mass is 221 g/mol. The molecule has 0 aliphatic carbocycles. The van der Waals surface area contributed by atoms with Crippen LogP contribution in [0.1, 0.15) is 16.7 Å². The second kappa shape index (κ2) is 5.56. The van der Waals surface area contributed by atoms with Gasteiger partial charge in [0, 0.05) is 12.1 Å². The van der Waals surface area contributed by atoms with E-state index in [0.29, 0.717) is 6.54 Å². The molecule has 0 radical (unpaired) electrons. The average Bonchev–Trinajstić information content (AvgIpc) is 2.28. The minimum absolute atomic E-state index is 0.535. The Morgan fingerprint density at radius 1 is 1.25 bits per heavy atom. The van der Waals surface area contributed by atoms with Crippen LogP contribution in [0.3, 0.4) is 0 Å². The van der Waals surface area contributed by atoms with Gasteiger partial charge in [-0.1, -0.05) is 12.2 Å². The van der Waals surface area contributed by atoms with Gasteiger partial charge in [-0.25, -0.2) is 0 Å². The molecule has 0 fully saturated rings. The van der Waals surface area contributed by atoms with Gasteiger partial charge in [-0.15, -0.1) is 0 Å². The van der Waals surface area contributed by atoms with Crippen LogP contribution in [0.15, 0.2) is 12.1 Å². The lowest BCUT2D eigenvalue weighted by atomic mass is 10.0. The molecule has 0 saturated heterocycles. The van der Waals surface area contributed by atoms with Gasteiger partial charge in [-0.3, -0.25) is 0 Å². The number of hydrogen-bond acceptors (Lipinski definition) is 3. The molecule has 1 aromatic rings. The van der Waals surface area contributed by atoms with Crippen molar-refractivity contribution < 1.29 is 9.47 Å². The summed E-state index contributed by atoms with van der Waals surface area (Å²) in [4.78, 5) is 0. The third kappa shape index (κ3) is 2.36. The zero-order valence-corrected chi connectivity index (χ0v) is 10.3. The Balaban J connectivity index is 3.34. The Kier molecular flexibility index (Phi) is 4.38. The fourth-order valence-corrected chi connectivity index (χ4v) is 1.79. The second-order valence-electron chi connectivity index (χ2n) is 3.61. The maximum Gasteiger partial charge on any atom is 0.164 e. The first kappa shape index (κ1) is 12.6. The van der Waals surface area contributed by atoms with Crippen molar-refractivity contribution in [3.05, 3.63) is 28.8 Å². The van der Waals surface area contributed by atoms with E-state index in [4.69, 9.17) is 15.2 Å². The van der Waals surface area contributed by atoms with Crippen molar-refractivity contribution in [3.63, 3.8) is 0 Å². The normalized spacial score (nSPS) is 10.8. The maximum atomic E-state index is 5.46. The maximum absolute atomic E-state index is 5.46. The van der Waals surface area contributed by atoms with Crippen LogP contribution in [0.25, 0.3) is 6.08 Å². The molecular formula is C13H19NO2. The van der Waals surface area contributed by atoms with Crippen molar-refractivity contribution in [2.24, 2.45) is 5.73 Å². The van der Waals surface area contributed by atoms with E-state index >= 15 is 0 Å². The number of rotatable bonds is 4. The predicted octanol–water partition coefficient (Wildman–Crippen LogP) is 2.29. The third-order valence-electron chi connectivity index (χ3n) is 2.59. The molecule has 1 aromatic carbocycles. The molecule has 0 saturated carbocycles. The van der Waals surface area contributed by atoms with Crippen LogP contribution in [0.5, 0.6) is 11.5 Å². The van der Waals surface area contributed by atoms with Crippen LogP contribution in [-0.4, -0.2) is 20.8 Å². The van der Waals surface area contributed by atoms with E-state index in [1.807, 2.05) is 32.1 Å². The predicted molar refractivity (Wildman–Crippen MR) is 67.1 cm³/mol. The smallest absolute Gasteiger partial charge is 0.164 e. The van der Waals surface area contributed by atoms with Gasteiger partial charge in [0.2, 0.25) is 0 Å². The first-order chi connectivity index (χ1) is 7.65. The van der Waals surface area contributed by atoms with Crippen molar-refractivity contribution in [3.8, 4) is 11.5 Å². The SMILES string of the molecule is COc1cc(C)c(/C=C/CN)c(C)c1OC. The Morgan fingerprint density at radius 2 is 1.94 bits per heavy atom. The van der Waals surface area contributed by atoms with Crippen molar-refractivity contribution >= 4 is 6.08 Å². The van der Waals surface area contributed by atoms with Crippen LogP contribution in [-0.2, 0) is 0 Å². The average molecular weight is 221 g/mol. The van der Waals surface area contributed by atoms with Gasteiger partial charge >= 0.3 is 0 Å². The van der Waals surface area contributed by atoms with Crippen LogP contribution < -0.4 is 15.2 Å². The standard InChI is InChI=1S/C13H19NO2/c1-9-8-12(15-3)13(16-4)10(2)11(9)6-5-7-14/h5-6,8H,7,14H2,1-4H3/b6-5+. The highest BCUT2D eigenvalue weighted by Crippen LogP contribution is 2.35. The van der Waals surface area contributed by atoms with E-state index in [9.17, 15) is 0 Å². The minimum Gasteiger partial charge on any atom is -0.493 e. The van der Waals surface area contributed by atoms with E-state index in [2.05, 4.69) is 0 Å². The summed E-state index contributed by atoms with van der Waals surface area (Å²) in [7, 11) is 3.29. The van der Waals surface area contributed by atoms with Gasteiger partial charge in [0.25, 0.3) is 0 Å². The topological polar surface area (TPSA) is 44.5 Å². The summed E-state index contributed by atoms with van der Waals surface area (Å²) < 4.78 is 10.6. The fraction of sp³-hybridized carbons (Fsp3) is 0.385. The molecule has 3 heteroatoms. The third-order valence-corrected chi connectivity index (χ3v) is 2.59. The van der Waals surface area contributed by atoms with Crippen molar-refractivity contribution in [1.29, 1.82) is 0 Å². The van der Waals surface area contributed by atoms with Crippen molar-refractivity contribution in [2.45, 2.75) is 13.8 Å². The molecule has 0 bridgehead atoms. The zero-order valence-electron chi connectivity index (χ0n) is 10.3. The lowest BCUT2D eigenvalue weighted by Gasteiger charge is -2.15. The first-order valence-corrected chi connectivity index (χ1v) is 5.24. The second-order valence-corrected chi connectivity index (χ2v) is 3.61.